The molecule has 0 aromatic heterocycles. The molecule has 0 N–H and O–H groups in total. The summed E-state index contributed by atoms with van der Waals surface area (Å²) in [4.78, 5) is 15.0. The number of nitrogens with zero attached hydrogens (tertiary/aromatic N) is 1. The quantitative estimate of drug-likeness (QED) is 0.444. The Bertz CT molecular complexity index is 867. The molecule has 5 heteroatoms. The number of hydrogen-bond acceptors (Lipinski definition) is 1. The van der Waals surface area contributed by atoms with Crippen LogP contribution in [0, 0.1) is 18.6 Å². The van der Waals surface area contributed by atoms with Crippen LogP contribution < -0.4 is 0 Å². The van der Waals surface area contributed by atoms with Crippen LogP contribution in [0.2, 0.25) is 5.02 Å². The van der Waals surface area contributed by atoms with Gasteiger partial charge in [0.15, 0.2) is 0 Å². The van der Waals surface area contributed by atoms with Gasteiger partial charge in [-0.25, -0.2) is 8.78 Å². The minimum atomic E-state index is -0.778. The fourth-order valence-electron chi connectivity index (χ4n) is 3.03. The van der Waals surface area contributed by atoms with E-state index in [1.807, 2.05) is 46.8 Å². The number of benzene rings is 2. The second-order valence-corrected chi connectivity index (χ2v) is 7.50. The van der Waals surface area contributed by atoms with Gasteiger partial charge in [0.25, 0.3) is 5.91 Å². The van der Waals surface area contributed by atoms with Gasteiger partial charge in [0.1, 0.15) is 11.6 Å². The lowest BCUT2D eigenvalue weighted by Gasteiger charge is -2.32. The molecule has 2 nitrogen and oxygen atoms in total. The number of carbonyl (C=O) groups is 1. The number of rotatable bonds is 5. The summed E-state index contributed by atoms with van der Waals surface area (Å²) in [6, 6.07) is 8.44. The second kappa shape index (κ2) is 8.66. The molecule has 1 amide bonds. The first kappa shape index (κ1) is 21.1. The number of amides is 1. The Kier molecular flexibility index (Phi) is 6.77. The van der Waals surface area contributed by atoms with Crippen molar-refractivity contribution in [3.8, 4) is 0 Å². The van der Waals surface area contributed by atoms with Gasteiger partial charge in [0.2, 0.25) is 0 Å². The van der Waals surface area contributed by atoms with Gasteiger partial charge in [-0.15, -0.1) is 0 Å². The molecule has 0 atom stereocenters. The molecule has 0 spiro atoms. The molecule has 0 aliphatic heterocycles. The Hall–Kier alpha value is -2.20. The number of hydrogen-bond donors (Lipinski definition) is 0. The molecule has 2 rings (SSSR count). The molecule has 0 saturated heterocycles. The average molecular weight is 392 g/mol. The zero-order valence-corrected chi connectivity index (χ0v) is 16.9. The predicted molar refractivity (Wildman–Crippen MR) is 108 cm³/mol. The van der Waals surface area contributed by atoms with Crippen molar-refractivity contribution in [2.75, 3.05) is 0 Å². The normalized spacial score (nSPS) is 12.0. The molecule has 0 aliphatic carbocycles. The fraction of sp³-hybridized carbons (Fsp3) is 0.318. The SMILES string of the molecule is Cc1ccc(/C=C(/C(=O)N(C(C)C)C(C)C)c2ccc(F)cc2F)cc1Cl. The van der Waals surface area contributed by atoms with Crippen LogP contribution >= 0.6 is 11.6 Å². The van der Waals surface area contributed by atoms with Crippen LogP contribution in [-0.4, -0.2) is 22.9 Å². The van der Waals surface area contributed by atoms with Gasteiger partial charge < -0.3 is 4.90 Å². The largest absolute Gasteiger partial charge is 0.334 e. The minimum absolute atomic E-state index is 0.0596. The van der Waals surface area contributed by atoms with Gasteiger partial charge in [-0.05, 0) is 70.0 Å². The maximum absolute atomic E-state index is 14.5. The fourth-order valence-corrected chi connectivity index (χ4v) is 3.22. The monoisotopic (exact) mass is 391 g/mol. The lowest BCUT2D eigenvalue weighted by Crippen LogP contribution is -2.42. The van der Waals surface area contributed by atoms with Gasteiger partial charge in [-0.2, -0.15) is 0 Å². The summed E-state index contributed by atoms with van der Waals surface area (Å²) in [5.41, 5.74) is 1.80. The van der Waals surface area contributed by atoms with E-state index in [9.17, 15) is 13.6 Å². The van der Waals surface area contributed by atoms with E-state index in [2.05, 4.69) is 0 Å². The summed E-state index contributed by atoms with van der Waals surface area (Å²) in [6.45, 7) is 9.48. The summed E-state index contributed by atoms with van der Waals surface area (Å²) >= 11 is 6.19. The van der Waals surface area contributed by atoms with E-state index in [-0.39, 0.29) is 29.1 Å². The van der Waals surface area contributed by atoms with Gasteiger partial charge in [0.05, 0.1) is 5.57 Å². The zero-order valence-electron chi connectivity index (χ0n) is 16.2. The van der Waals surface area contributed by atoms with E-state index in [0.717, 1.165) is 17.7 Å². The molecule has 0 saturated carbocycles. The number of carbonyl (C=O) groups excluding carboxylic acids is 1. The summed E-state index contributed by atoms with van der Waals surface area (Å²) in [7, 11) is 0. The Morgan fingerprint density at radius 1 is 1.04 bits per heavy atom. The van der Waals surface area contributed by atoms with E-state index in [0.29, 0.717) is 10.6 Å². The Morgan fingerprint density at radius 3 is 2.19 bits per heavy atom. The third-order valence-corrected chi connectivity index (χ3v) is 4.71. The van der Waals surface area contributed by atoms with Gasteiger partial charge in [-0.3, -0.25) is 4.79 Å². The highest BCUT2D eigenvalue weighted by Crippen LogP contribution is 2.27. The first-order chi connectivity index (χ1) is 12.6. The van der Waals surface area contributed by atoms with E-state index in [1.54, 1.807) is 17.0 Å². The number of halogens is 3. The second-order valence-electron chi connectivity index (χ2n) is 7.09. The topological polar surface area (TPSA) is 20.3 Å². The van der Waals surface area contributed by atoms with Crippen LogP contribution in [0.4, 0.5) is 8.78 Å². The summed E-state index contributed by atoms with van der Waals surface area (Å²) in [6.07, 6.45) is 1.60. The lowest BCUT2D eigenvalue weighted by atomic mass is 9.99. The van der Waals surface area contributed by atoms with Gasteiger partial charge in [-0.1, -0.05) is 23.7 Å². The van der Waals surface area contributed by atoms with Gasteiger partial charge >= 0.3 is 0 Å². The van der Waals surface area contributed by atoms with Crippen molar-refractivity contribution < 1.29 is 13.6 Å². The molecule has 0 fully saturated rings. The molecule has 0 heterocycles. The summed E-state index contributed by atoms with van der Waals surface area (Å²) in [5.74, 6) is -1.78. The molecular weight excluding hydrogens is 368 g/mol. The molecule has 0 radical (unpaired) electrons. The van der Waals surface area contributed by atoms with Crippen molar-refractivity contribution in [3.05, 3.63) is 69.7 Å². The standard InChI is InChI=1S/C22H24ClF2NO/c1-13(2)26(14(3)4)22(27)19(18-9-8-17(24)12-21(18)25)10-16-7-6-15(5)20(23)11-16/h6-14H,1-5H3/b19-10+. The molecule has 0 aliphatic rings. The van der Waals surface area contributed by atoms with Crippen LogP contribution in [-0.2, 0) is 4.79 Å². The van der Waals surface area contributed by atoms with Crippen molar-refractivity contribution in [1.29, 1.82) is 0 Å². The van der Waals surface area contributed by atoms with E-state index < -0.39 is 11.6 Å². The smallest absolute Gasteiger partial charge is 0.255 e. The third kappa shape index (κ3) is 4.95. The summed E-state index contributed by atoms with van der Waals surface area (Å²) < 4.78 is 27.9. The molecule has 2 aromatic rings. The number of aryl methyl sites for hydroxylation is 1. The highest BCUT2D eigenvalue weighted by atomic mass is 35.5. The zero-order chi connectivity index (χ0) is 20.3. The van der Waals surface area contributed by atoms with Gasteiger partial charge in [0, 0.05) is 28.7 Å². The molecule has 0 bridgehead atoms. The first-order valence-corrected chi connectivity index (χ1v) is 9.25. The van der Waals surface area contributed by atoms with Crippen molar-refractivity contribution in [2.24, 2.45) is 0 Å². The average Bonchev–Trinajstić information content (AvgIpc) is 2.55. The Balaban J connectivity index is 2.65. The first-order valence-electron chi connectivity index (χ1n) is 8.87. The predicted octanol–water partition coefficient (Wildman–Crippen LogP) is 6.11. The van der Waals surface area contributed by atoms with E-state index in [1.165, 1.54) is 6.07 Å². The van der Waals surface area contributed by atoms with Crippen LogP contribution in [0.1, 0.15) is 44.4 Å². The van der Waals surface area contributed by atoms with Crippen LogP contribution in [0.3, 0.4) is 0 Å². The minimum Gasteiger partial charge on any atom is -0.334 e. The highest BCUT2D eigenvalue weighted by molar-refractivity contribution is 6.31. The van der Waals surface area contributed by atoms with Crippen molar-refractivity contribution in [1.82, 2.24) is 4.90 Å². The maximum Gasteiger partial charge on any atom is 0.255 e. The Morgan fingerprint density at radius 2 is 1.67 bits per heavy atom. The summed E-state index contributed by atoms with van der Waals surface area (Å²) in [5, 5.41) is 0.555. The van der Waals surface area contributed by atoms with Crippen LogP contribution in [0.5, 0.6) is 0 Å². The van der Waals surface area contributed by atoms with Crippen LogP contribution in [0.15, 0.2) is 36.4 Å². The third-order valence-electron chi connectivity index (χ3n) is 4.31. The maximum atomic E-state index is 14.5. The molecule has 2 aromatic carbocycles. The lowest BCUT2D eigenvalue weighted by molar-refractivity contribution is -0.128. The van der Waals surface area contributed by atoms with Crippen LogP contribution in [0.25, 0.3) is 11.6 Å². The Labute approximate surface area is 164 Å². The van der Waals surface area contributed by atoms with E-state index in [4.69, 9.17) is 11.6 Å². The van der Waals surface area contributed by atoms with E-state index >= 15 is 0 Å². The van der Waals surface area contributed by atoms with Crippen molar-refractivity contribution >= 4 is 29.2 Å². The molecule has 0 unspecified atom stereocenters. The molecule has 144 valence electrons. The molecular formula is C22H24ClF2NO. The molecule has 27 heavy (non-hydrogen) atoms. The van der Waals surface area contributed by atoms with Crippen molar-refractivity contribution in [2.45, 2.75) is 46.7 Å². The van der Waals surface area contributed by atoms with Crippen molar-refractivity contribution in [3.63, 3.8) is 0 Å². The highest BCUT2D eigenvalue weighted by Gasteiger charge is 2.26.